The second-order valence-corrected chi connectivity index (χ2v) is 4.39. The third-order valence-electron chi connectivity index (χ3n) is 3.06. The van der Waals surface area contributed by atoms with E-state index in [1.54, 1.807) is 0 Å². The van der Waals surface area contributed by atoms with Crippen molar-refractivity contribution in [3.05, 3.63) is 0 Å². The molecule has 1 aliphatic rings. The number of hydrogen-bond donors (Lipinski definition) is 1. The number of hydrogen-bond acceptors (Lipinski definition) is 2. The fourth-order valence-electron chi connectivity index (χ4n) is 2.32. The molecule has 0 radical (unpaired) electrons. The van der Waals surface area contributed by atoms with Crippen LogP contribution >= 0.6 is 0 Å². The van der Waals surface area contributed by atoms with Crippen LogP contribution in [-0.2, 0) is 4.74 Å². The van der Waals surface area contributed by atoms with Gasteiger partial charge in [0, 0.05) is 13.2 Å². The summed E-state index contributed by atoms with van der Waals surface area (Å²) in [4.78, 5) is 0. The molecule has 1 aliphatic carbocycles. The van der Waals surface area contributed by atoms with Crippen molar-refractivity contribution in [3.63, 3.8) is 0 Å². The first kappa shape index (κ1) is 12.0. The Labute approximate surface area is 87.7 Å². The van der Waals surface area contributed by atoms with Crippen molar-refractivity contribution in [2.24, 2.45) is 5.92 Å². The molecule has 0 aliphatic heterocycles. The molecular weight excluding hydrogens is 176 g/mol. The molecule has 2 nitrogen and oxygen atoms in total. The monoisotopic (exact) mass is 200 g/mol. The molecule has 1 rings (SSSR count). The molecule has 0 aromatic rings. The van der Waals surface area contributed by atoms with E-state index in [-0.39, 0.29) is 0 Å². The minimum atomic E-state index is 0.344. The molecule has 0 saturated heterocycles. The lowest BCUT2D eigenvalue weighted by atomic mass is 9.84. The molecule has 0 spiro atoms. The highest BCUT2D eigenvalue weighted by molar-refractivity contribution is 4.73. The van der Waals surface area contributed by atoms with Gasteiger partial charge in [-0.15, -0.1) is 0 Å². The Hall–Kier alpha value is -0.0800. The van der Waals surface area contributed by atoms with Crippen molar-refractivity contribution in [3.8, 4) is 0 Å². The summed E-state index contributed by atoms with van der Waals surface area (Å²) in [5.74, 6) is 0.803. The van der Waals surface area contributed by atoms with Crippen LogP contribution < -0.4 is 0 Å². The normalized spacial score (nSPS) is 27.9. The van der Waals surface area contributed by atoms with Crippen molar-refractivity contribution in [2.75, 3.05) is 13.2 Å². The Balaban J connectivity index is 2.14. The van der Waals surface area contributed by atoms with Crippen LogP contribution in [0.25, 0.3) is 0 Å². The standard InChI is InChI=1S/C12H24O2/c1-2-9-14-12-7-3-5-11(10-12)6-4-8-13/h11-13H,2-10H2,1H3. The average Bonchev–Trinajstić information content (AvgIpc) is 2.24. The predicted molar refractivity (Wildman–Crippen MR) is 58.3 cm³/mol. The number of aliphatic hydroxyl groups excluding tert-OH is 1. The van der Waals surface area contributed by atoms with Gasteiger partial charge in [-0.1, -0.05) is 19.8 Å². The molecule has 0 aromatic carbocycles. The first-order valence-electron chi connectivity index (χ1n) is 6.09. The zero-order valence-electron chi connectivity index (χ0n) is 9.37. The van der Waals surface area contributed by atoms with E-state index in [0.29, 0.717) is 12.7 Å². The largest absolute Gasteiger partial charge is 0.396 e. The molecule has 2 heteroatoms. The Kier molecular flexibility index (Phi) is 6.20. The summed E-state index contributed by atoms with van der Waals surface area (Å²) in [5, 5.41) is 8.77. The summed E-state index contributed by atoms with van der Waals surface area (Å²) in [7, 11) is 0. The lowest BCUT2D eigenvalue weighted by molar-refractivity contribution is 0.0113. The summed E-state index contributed by atoms with van der Waals surface area (Å²) >= 11 is 0. The van der Waals surface area contributed by atoms with Gasteiger partial charge in [-0.25, -0.2) is 0 Å². The zero-order valence-corrected chi connectivity index (χ0v) is 9.37. The molecule has 1 N–H and O–H groups in total. The van der Waals surface area contributed by atoms with Crippen LogP contribution in [0.15, 0.2) is 0 Å². The molecule has 0 amide bonds. The molecular formula is C12H24O2. The van der Waals surface area contributed by atoms with Crippen molar-refractivity contribution < 1.29 is 9.84 Å². The van der Waals surface area contributed by atoms with E-state index in [2.05, 4.69) is 6.92 Å². The van der Waals surface area contributed by atoms with Gasteiger partial charge in [0.15, 0.2) is 0 Å². The minimum absolute atomic E-state index is 0.344. The zero-order chi connectivity index (χ0) is 10.2. The molecule has 2 atom stereocenters. The van der Waals surface area contributed by atoms with E-state index >= 15 is 0 Å². The predicted octanol–water partition coefficient (Wildman–Crippen LogP) is 2.74. The summed E-state index contributed by atoms with van der Waals surface area (Å²) in [6.07, 6.45) is 8.89. The lowest BCUT2D eigenvalue weighted by Gasteiger charge is -2.29. The van der Waals surface area contributed by atoms with Gasteiger partial charge in [0.25, 0.3) is 0 Å². The van der Waals surface area contributed by atoms with Gasteiger partial charge in [-0.05, 0) is 38.0 Å². The minimum Gasteiger partial charge on any atom is -0.396 e. The number of ether oxygens (including phenoxy) is 1. The maximum absolute atomic E-state index is 8.77. The second kappa shape index (κ2) is 7.24. The van der Waals surface area contributed by atoms with Gasteiger partial charge in [0.2, 0.25) is 0 Å². The van der Waals surface area contributed by atoms with Gasteiger partial charge in [-0.2, -0.15) is 0 Å². The van der Waals surface area contributed by atoms with E-state index in [0.717, 1.165) is 25.4 Å². The van der Waals surface area contributed by atoms with Gasteiger partial charge in [-0.3, -0.25) is 0 Å². The van der Waals surface area contributed by atoms with Gasteiger partial charge in [0.1, 0.15) is 0 Å². The fraction of sp³-hybridized carbons (Fsp3) is 1.00. The van der Waals surface area contributed by atoms with Crippen LogP contribution in [0.1, 0.15) is 51.9 Å². The van der Waals surface area contributed by atoms with Crippen molar-refractivity contribution in [2.45, 2.75) is 58.0 Å². The first-order chi connectivity index (χ1) is 6.86. The summed E-state index contributed by atoms with van der Waals surface area (Å²) in [6.45, 7) is 3.42. The molecule has 2 unspecified atom stereocenters. The average molecular weight is 200 g/mol. The topological polar surface area (TPSA) is 29.5 Å². The Bertz CT molecular complexity index is 122. The smallest absolute Gasteiger partial charge is 0.0577 e. The number of aliphatic hydroxyl groups is 1. The summed E-state index contributed by atoms with van der Waals surface area (Å²) in [5.41, 5.74) is 0. The van der Waals surface area contributed by atoms with Crippen molar-refractivity contribution >= 4 is 0 Å². The van der Waals surface area contributed by atoms with Crippen LogP contribution in [-0.4, -0.2) is 24.4 Å². The third-order valence-corrected chi connectivity index (χ3v) is 3.06. The molecule has 1 fully saturated rings. The lowest BCUT2D eigenvalue weighted by Crippen LogP contribution is -2.23. The molecule has 14 heavy (non-hydrogen) atoms. The van der Waals surface area contributed by atoms with Crippen LogP contribution in [0.4, 0.5) is 0 Å². The highest BCUT2D eigenvalue weighted by Gasteiger charge is 2.21. The van der Waals surface area contributed by atoms with Crippen LogP contribution in [0.5, 0.6) is 0 Å². The van der Waals surface area contributed by atoms with E-state index in [4.69, 9.17) is 9.84 Å². The summed E-state index contributed by atoms with van der Waals surface area (Å²) in [6, 6.07) is 0. The number of rotatable bonds is 6. The van der Waals surface area contributed by atoms with Crippen LogP contribution in [0, 0.1) is 5.92 Å². The third kappa shape index (κ3) is 4.43. The highest BCUT2D eigenvalue weighted by Crippen LogP contribution is 2.29. The molecule has 84 valence electrons. The van der Waals surface area contributed by atoms with E-state index in [1.807, 2.05) is 0 Å². The summed E-state index contributed by atoms with van der Waals surface area (Å²) < 4.78 is 5.78. The molecule has 0 heterocycles. The maximum atomic E-state index is 8.77. The molecule has 1 saturated carbocycles. The van der Waals surface area contributed by atoms with Crippen molar-refractivity contribution in [1.82, 2.24) is 0 Å². The Morgan fingerprint density at radius 3 is 2.93 bits per heavy atom. The Morgan fingerprint density at radius 2 is 2.21 bits per heavy atom. The van der Waals surface area contributed by atoms with Gasteiger partial charge < -0.3 is 9.84 Å². The highest BCUT2D eigenvalue weighted by atomic mass is 16.5. The maximum Gasteiger partial charge on any atom is 0.0577 e. The van der Waals surface area contributed by atoms with Crippen molar-refractivity contribution in [1.29, 1.82) is 0 Å². The van der Waals surface area contributed by atoms with E-state index < -0.39 is 0 Å². The van der Waals surface area contributed by atoms with E-state index in [1.165, 1.54) is 32.1 Å². The Morgan fingerprint density at radius 1 is 1.36 bits per heavy atom. The van der Waals surface area contributed by atoms with Crippen LogP contribution in [0.3, 0.4) is 0 Å². The quantitative estimate of drug-likeness (QED) is 0.714. The van der Waals surface area contributed by atoms with Gasteiger partial charge >= 0.3 is 0 Å². The first-order valence-corrected chi connectivity index (χ1v) is 6.09. The van der Waals surface area contributed by atoms with Crippen LogP contribution in [0.2, 0.25) is 0 Å². The van der Waals surface area contributed by atoms with E-state index in [9.17, 15) is 0 Å². The SMILES string of the molecule is CCCOC1CCCC(CCCO)C1. The van der Waals surface area contributed by atoms with Gasteiger partial charge in [0.05, 0.1) is 6.10 Å². The molecule has 0 bridgehead atoms. The second-order valence-electron chi connectivity index (χ2n) is 4.39. The fourth-order valence-corrected chi connectivity index (χ4v) is 2.32. The molecule has 0 aromatic heterocycles.